The molecule has 0 aliphatic rings. The van der Waals surface area contributed by atoms with Crippen molar-refractivity contribution in [2.24, 2.45) is 0 Å². The summed E-state index contributed by atoms with van der Waals surface area (Å²) in [6.45, 7) is 3.76. The molecule has 0 N–H and O–H groups in total. The SMILES string of the molecule is [2H]C([2H])([2H])Oc1ccc2[n-]c([S@@](=O)Cc3ncc(C)c(OC)c3C)nc2c1.[Na+]. The predicted octanol–water partition coefficient (Wildman–Crippen LogP) is -0.467. The smallest absolute Gasteiger partial charge is 0.497 e. The van der Waals surface area contributed by atoms with E-state index in [0.717, 1.165) is 16.9 Å². The molecule has 126 valence electrons. The first-order chi connectivity index (χ1) is 12.7. The van der Waals surface area contributed by atoms with Gasteiger partial charge in [0.15, 0.2) is 0 Å². The fraction of sp³-hybridized carbons (Fsp3) is 0.294. The molecule has 0 radical (unpaired) electrons. The van der Waals surface area contributed by atoms with Gasteiger partial charge in [0.05, 0.1) is 40.5 Å². The number of hydrogen-bond donors (Lipinski definition) is 0. The summed E-state index contributed by atoms with van der Waals surface area (Å²) in [5.41, 5.74) is 3.32. The van der Waals surface area contributed by atoms with Gasteiger partial charge in [-0.25, -0.2) is 0 Å². The monoisotopic (exact) mass is 370 g/mol. The average molecular weight is 370 g/mol. The van der Waals surface area contributed by atoms with Crippen molar-refractivity contribution < 1.29 is 47.4 Å². The van der Waals surface area contributed by atoms with E-state index in [1.54, 1.807) is 19.4 Å². The van der Waals surface area contributed by atoms with Gasteiger partial charge in [0.1, 0.15) is 11.5 Å². The van der Waals surface area contributed by atoms with Gasteiger partial charge in [-0.1, -0.05) is 6.07 Å². The molecular weight excluding hydrogens is 349 g/mol. The number of imidazole rings is 1. The van der Waals surface area contributed by atoms with Gasteiger partial charge in [-0.3, -0.25) is 9.19 Å². The molecule has 0 aliphatic carbocycles. The van der Waals surface area contributed by atoms with E-state index in [1.165, 1.54) is 12.1 Å². The van der Waals surface area contributed by atoms with Gasteiger partial charge in [-0.05, 0) is 37.0 Å². The number of methoxy groups -OCH3 is 2. The maximum absolute atomic E-state index is 12.7. The molecule has 0 fully saturated rings. The largest absolute Gasteiger partial charge is 1.00 e. The molecule has 8 heteroatoms. The molecule has 0 saturated heterocycles. The van der Waals surface area contributed by atoms with Crippen LogP contribution in [0, 0.1) is 13.8 Å². The summed E-state index contributed by atoms with van der Waals surface area (Å²) in [6.07, 6.45) is 1.68. The van der Waals surface area contributed by atoms with Crippen molar-refractivity contribution in [3.63, 3.8) is 0 Å². The minimum absolute atomic E-state index is 0. The number of aryl methyl sites for hydroxylation is 1. The van der Waals surface area contributed by atoms with Crippen molar-refractivity contribution in [3.05, 3.63) is 41.2 Å². The minimum Gasteiger partial charge on any atom is -0.497 e. The quantitative estimate of drug-likeness (QED) is 0.566. The number of hydrogen-bond acceptors (Lipinski definition) is 5. The second-order valence-corrected chi connectivity index (χ2v) is 6.64. The van der Waals surface area contributed by atoms with E-state index in [2.05, 4.69) is 15.0 Å². The molecule has 3 rings (SSSR count). The predicted molar refractivity (Wildman–Crippen MR) is 92.0 cm³/mol. The van der Waals surface area contributed by atoms with Crippen molar-refractivity contribution in [3.8, 4) is 11.5 Å². The van der Waals surface area contributed by atoms with Crippen LogP contribution in [0.15, 0.2) is 29.6 Å². The Morgan fingerprint density at radius 2 is 2.12 bits per heavy atom. The first-order valence-electron chi connectivity index (χ1n) is 8.69. The molecule has 2 aromatic heterocycles. The molecule has 0 spiro atoms. The van der Waals surface area contributed by atoms with E-state index in [1.807, 2.05) is 13.8 Å². The fourth-order valence-electron chi connectivity index (χ4n) is 2.49. The summed E-state index contributed by atoms with van der Waals surface area (Å²) >= 11 is 0. The maximum Gasteiger partial charge on any atom is 1.00 e. The Morgan fingerprint density at radius 3 is 2.84 bits per heavy atom. The topological polar surface area (TPSA) is 75.4 Å². The number of pyridine rings is 1. The number of nitrogens with zero attached hydrogens (tertiary/aromatic N) is 3. The number of aromatic nitrogens is 3. The summed E-state index contributed by atoms with van der Waals surface area (Å²) in [7, 11) is -2.48. The second kappa shape index (κ2) is 8.31. The zero-order valence-corrected chi connectivity index (χ0v) is 17.3. The Morgan fingerprint density at radius 1 is 1.32 bits per heavy atom. The van der Waals surface area contributed by atoms with E-state index < -0.39 is 17.8 Å². The third-order valence-electron chi connectivity index (χ3n) is 3.72. The average Bonchev–Trinajstić information content (AvgIpc) is 3.00. The third kappa shape index (κ3) is 4.06. The molecule has 0 saturated carbocycles. The Kier molecular flexibility index (Phi) is 5.26. The van der Waals surface area contributed by atoms with Crippen molar-refractivity contribution in [2.45, 2.75) is 24.8 Å². The van der Waals surface area contributed by atoms with E-state index in [-0.39, 0.29) is 46.2 Å². The molecular formula is C17H18N3NaO3S. The summed E-state index contributed by atoms with van der Waals surface area (Å²) in [6, 6.07) is 4.54. The standard InChI is InChI=1S/C17H18N3O3S.Na/c1-10-8-18-15(11(2)16(10)23-4)9-24(21)17-19-13-6-5-12(22-3)7-14(13)20-17;/h5-8H,9H2,1-4H3;/q-1;+1/t24-;/m0./s1/i3D3;. The minimum atomic E-state index is -2.55. The Balaban J connectivity index is 0.00000280. The van der Waals surface area contributed by atoms with Crippen LogP contribution in [0.4, 0.5) is 0 Å². The van der Waals surface area contributed by atoms with Crippen LogP contribution >= 0.6 is 0 Å². The van der Waals surface area contributed by atoms with Crippen LogP contribution < -0.4 is 44.0 Å². The molecule has 6 nitrogen and oxygen atoms in total. The number of ether oxygens (including phenoxy) is 2. The van der Waals surface area contributed by atoms with Crippen LogP contribution in [0.25, 0.3) is 11.0 Å². The van der Waals surface area contributed by atoms with E-state index in [4.69, 9.17) is 13.6 Å². The Bertz CT molecular complexity index is 1020. The molecule has 0 unspecified atom stereocenters. The zero-order valence-electron chi connectivity index (χ0n) is 17.5. The van der Waals surface area contributed by atoms with Gasteiger partial charge in [-0.2, -0.15) is 0 Å². The third-order valence-corrected chi connectivity index (χ3v) is 4.84. The Labute approximate surface area is 175 Å². The number of benzene rings is 1. The van der Waals surface area contributed by atoms with Crippen molar-refractivity contribution in [2.75, 3.05) is 14.1 Å². The first kappa shape index (κ1) is 15.8. The van der Waals surface area contributed by atoms with Gasteiger partial charge >= 0.3 is 29.6 Å². The molecule has 0 amide bonds. The number of fused-ring (bicyclic) bond motifs is 1. The molecule has 2 heterocycles. The summed E-state index contributed by atoms with van der Waals surface area (Å²) < 4.78 is 44.4. The Hall–Kier alpha value is -1.41. The van der Waals surface area contributed by atoms with E-state index in [0.29, 0.717) is 16.7 Å². The van der Waals surface area contributed by atoms with Gasteiger partial charge in [-0.15, -0.1) is 0 Å². The molecule has 0 bridgehead atoms. The molecule has 1 aromatic carbocycles. The van der Waals surface area contributed by atoms with Crippen LogP contribution in [0.3, 0.4) is 0 Å². The normalized spacial score (nSPS) is 14.1. The fourth-order valence-corrected chi connectivity index (χ4v) is 3.56. The van der Waals surface area contributed by atoms with Crippen molar-refractivity contribution in [1.29, 1.82) is 0 Å². The maximum atomic E-state index is 12.7. The van der Waals surface area contributed by atoms with Crippen LogP contribution in [0.2, 0.25) is 0 Å². The van der Waals surface area contributed by atoms with Crippen LogP contribution in [0.1, 0.15) is 20.9 Å². The molecule has 0 aliphatic heterocycles. The van der Waals surface area contributed by atoms with Gasteiger partial charge < -0.3 is 19.4 Å². The molecule has 1 atom stereocenters. The van der Waals surface area contributed by atoms with Gasteiger partial charge in [0.25, 0.3) is 0 Å². The van der Waals surface area contributed by atoms with Crippen LogP contribution in [0.5, 0.6) is 11.5 Å². The first-order valence-corrected chi connectivity index (χ1v) is 8.51. The second-order valence-electron chi connectivity index (χ2n) is 5.29. The summed E-state index contributed by atoms with van der Waals surface area (Å²) in [5.74, 6) is 1.02. The summed E-state index contributed by atoms with van der Waals surface area (Å²) in [5, 5.41) is 0.164. The van der Waals surface area contributed by atoms with Gasteiger partial charge in [0, 0.05) is 22.5 Å². The molecule has 3 aromatic rings. The molecule has 25 heavy (non-hydrogen) atoms. The van der Waals surface area contributed by atoms with E-state index in [9.17, 15) is 4.21 Å². The van der Waals surface area contributed by atoms with Crippen LogP contribution in [-0.4, -0.2) is 28.3 Å². The van der Waals surface area contributed by atoms with Crippen molar-refractivity contribution >= 4 is 21.8 Å². The number of rotatable bonds is 5. The zero-order chi connectivity index (χ0) is 19.8. The van der Waals surface area contributed by atoms with Crippen LogP contribution in [-0.2, 0) is 16.6 Å². The summed E-state index contributed by atoms with van der Waals surface area (Å²) in [4.78, 5) is 12.9. The van der Waals surface area contributed by atoms with Gasteiger partial charge in [0.2, 0.25) is 0 Å². The van der Waals surface area contributed by atoms with Crippen molar-refractivity contribution in [1.82, 2.24) is 15.0 Å². The van der Waals surface area contributed by atoms with E-state index >= 15 is 0 Å².